The molecular weight excluding hydrogens is 240 g/mol. The number of aryl methyl sites for hydroxylation is 1. The van der Waals surface area contributed by atoms with Crippen LogP contribution in [0.1, 0.15) is 21.6 Å². The quantitative estimate of drug-likeness (QED) is 0.913. The van der Waals surface area contributed by atoms with Crippen LogP contribution in [0.15, 0.2) is 42.6 Å². The van der Waals surface area contributed by atoms with E-state index < -0.39 is 0 Å². The molecule has 1 aromatic carbocycles. The van der Waals surface area contributed by atoms with Gasteiger partial charge in [-0.25, -0.2) is 0 Å². The topological polar surface area (TPSA) is 51.2 Å². The van der Waals surface area contributed by atoms with E-state index in [9.17, 15) is 4.79 Å². The molecule has 98 valence electrons. The van der Waals surface area contributed by atoms with Crippen molar-refractivity contribution in [2.75, 3.05) is 7.11 Å². The van der Waals surface area contributed by atoms with Crippen LogP contribution >= 0.6 is 0 Å². The normalized spacial score (nSPS) is 10.0. The smallest absolute Gasteiger partial charge is 0.253 e. The molecule has 0 radical (unpaired) electrons. The molecule has 4 nitrogen and oxygen atoms in total. The lowest BCUT2D eigenvalue weighted by Crippen LogP contribution is -2.24. The number of amides is 1. The molecule has 0 aliphatic heterocycles. The molecule has 1 aromatic heterocycles. The number of rotatable bonds is 4. The van der Waals surface area contributed by atoms with Gasteiger partial charge in [0.05, 0.1) is 12.7 Å². The number of pyridine rings is 1. The first kappa shape index (κ1) is 13.1. The molecule has 0 spiro atoms. The molecule has 0 aliphatic carbocycles. The second kappa shape index (κ2) is 6.00. The third-order valence-electron chi connectivity index (χ3n) is 2.88. The monoisotopic (exact) mass is 256 g/mol. The minimum Gasteiger partial charge on any atom is -0.496 e. The summed E-state index contributed by atoms with van der Waals surface area (Å²) in [5.74, 6) is 0.641. The summed E-state index contributed by atoms with van der Waals surface area (Å²) in [6, 6.07) is 11.1. The molecule has 19 heavy (non-hydrogen) atoms. The van der Waals surface area contributed by atoms with Gasteiger partial charge in [-0.1, -0.05) is 18.2 Å². The summed E-state index contributed by atoms with van der Waals surface area (Å²) in [7, 11) is 1.62. The zero-order chi connectivity index (χ0) is 13.7. The summed E-state index contributed by atoms with van der Waals surface area (Å²) in [5.41, 5.74) is 2.26. The molecule has 2 rings (SSSR count). The molecule has 0 aliphatic rings. The Hall–Kier alpha value is -2.36. The van der Waals surface area contributed by atoms with E-state index in [1.165, 1.54) is 0 Å². The number of carbonyl (C=O) groups excluding carboxylic acids is 1. The first-order chi connectivity index (χ1) is 9.22. The molecule has 4 heteroatoms. The molecule has 0 unspecified atom stereocenters. The van der Waals surface area contributed by atoms with Crippen molar-refractivity contribution < 1.29 is 9.53 Å². The molecule has 0 bridgehead atoms. The Kier molecular flexibility index (Phi) is 4.13. The average molecular weight is 256 g/mol. The van der Waals surface area contributed by atoms with E-state index in [0.717, 1.165) is 17.0 Å². The Morgan fingerprint density at radius 3 is 2.79 bits per heavy atom. The number of aromatic nitrogens is 1. The van der Waals surface area contributed by atoms with E-state index in [0.29, 0.717) is 12.1 Å². The van der Waals surface area contributed by atoms with E-state index in [-0.39, 0.29) is 5.91 Å². The van der Waals surface area contributed by atoms with Crippen molar-refractivity contribution in [1.29, 1.82) is 0 Å². The van der Waals surface area contributed by atoms with E-state index in [4.69, 9.17) is 4.74 Å². The highest BCUT2D eigenvalue weighted by Crippen LogP contribution is 2.17. The van der Waals surface area contributed by atoms with Crippen LogP contribution in [0.4, 0.5) is 0 Å². The van der Waals surface area contributed by atoms with Crippen LogP contribution in [-0.4, -0.2) is 18.0 Å². The van der Waals surface area contributed by atoms with Gasteiger partial charge in [-0.15, -0.1) is 0 Å². The van der Waals surface area contributed by atoms with Gasteiger partial charge in [-0.05, 0) is 25.1 Å². The molecular formula is C15H16N2O2. The van der Waals surface area contributed by atoms with Crippen molar-refractivity contribution in [1.82, 2.24) is 10.3 Å². The number of hydrogen-bond acceptors (Lipinski definition) is 3. The second-order valence-corrected chi connectivity index (χ2v) is 4.13. The number of nitrogens with one attached hydrogen (secondary N) is 1. The van der Waals surface area contributed by atoms with Crippen LogP contribution in [0.3, 0.4) is 0 Å². The van der Waals surface area contributed by atoms with Crippen LogP contribution in [0, 0.1) is 6.92 Å². The van der Waals surface area contributed by atoms with Crippen molar-refractivity contribution >= 4 is 5.91 Å². The van der Waals surface area contributed by atoms with Crippen LogP contribution < -0.4 is 10.1 Å². The standard InChI is InChI=1S/C15H16N2O2/c1-11-13(7-5-9-16-11)15(18)17-10-12-6-3-4-8-14(12)19-2/h3-9H,10H2,1-2H3,(H,17,18). The second-order valence-electron chi connectivity index (χ2n) is 4.13. The molecule has 2 aromatic rings. The molecule has 0 fully saturated rings. The SMILES string of the molecule is COc1ccccc1CNC(=O)c1cccnc1C. The maximum atomic E-state index is 12.0. The maximum Gasteiger partial charge on any atom is 0.253 e. The Labute approximate surface area is 112 Å². The summed E-state index contributed by atoms with van der Waals surface area (Å²) in [6.07, 6.45) is 1.67. The van der Waals surface area contributed by atoms with Crippen molar-refractivity contribution in [2.45, 2.75) is 13.5 Å². The highest BCUT2D eigenvalue weighted by atomic mass is 16.5. The van der Waals surface area contributed by atoms with Crippen molar-refractivity contribution in [3.05, 3.63) is 59.4 Å². The van der Waals surface area contributed by atoms with E-state index in [2.05, 4.69) is 10.3 Å². The third-order valence-corrected chi connectivity index (χ3v) is 2.88. The van der Waals surface area contributed by atoms with Crippen molar-refractivity contribution in [3.8, 4) is 5.75 Å². The van der Waals surface area contributed by atoms with Crippen molar-refractivity contribution in [2.24, 2.45) is 0 Å². The van der Waals surface area contributed by atoms with Crippen molar-refractivity contribution in [3.63, 3.8) is 0 Å². The lowest BCUT2D eigenvalue weighted by atomic mass is 10.1. The summed E-state index contributed by atoms with van der Waals surface area (Å²) in [6.45, 7) is 2.25. The average Bonchev–Trinajstić information content (AvgIpc) is 2.45. The highest BCUT2D eigenvalue weighted by Gasteiger charge is 2.09. The molecule has 1 N–H and O–H groups in total. The Bertz CT molecular complexity index is 582. The molecule has 1 amide bonds. The fourth-order valence-electron chi connectivity index (χ4n) is 1.84. The zero-order valence-electron chi connectivity index (χ0n) is 11.0. The summed E-state index contributed by atoms with van der Waals surface area (Å²) < 4.78 is 5.24. The first-order valence-electron chi connectivity index (χ1n) is 6.04. The minimum atomic E-state index is -0.128. The fraction of sp³-hybridized carbons (Fsp3) is 0.200. The van der Waals surface area contributed by atoms with Gasteiger partial charge in [0.15, 0.2) is 0 Å². The van der Waals surface area contributed by atoms with E-state index >= 15 is 0 Å². The maximum absolute atomic E-state index is 12.0. The molecule has 0 saturated heterocycles. The van der Waals surface area contributed by atoms with Gasteiger partial charge >= 0.3 is 0 Å². The number of ether oxygens (including phenoxy) is 1. The number of benzene rings is 1. The van der Waals surface area contributed by atoms with Gasteiger partial charge in [-0.2, -0.15) is 0 Å². The zero-order valence-corrected chi connectivity index (χ0v) is 11.0. The number of para-hydroxylation sites is 1. The summed E-state index contributed by atoms with van der Waals surface area (Å²) in [5, 5.41) is 2.87. The van der Waals surface area contributed by atoms with Crippen LogP contribution in [0.2, 0.25) is 0 Å². The van der Waals surface area contributed by atoms with Gasteiger partial charge in [0, 0.05) is 24.0 Å². The number of carbonyl (C=O) groups is 1. The largest absolute Gasteiger partial charge is 0.496 e. The predicted molar refractivity (Wildman–Crippen MR) is 73.1 cm³/mol. The van der Waals surface area contributed by atoms with Crippen LogP contribution in [0.25, 0.3) is 0 Å². The summed E-state index contributed by atoms with van der Waals surface area (Å²) in [4.78, 5) is 16.1. The number of methoxy groups -OCH3 is 1. The van der Waals surface area contributed by atoms with Crippen LogP contribution in [0.5, 0.6) is 5.75 Å². The predicted octanol–water partition coefficient (Wildman–Crippen LogP) is 2.33. The third kappa shape index (κ3) is 3.10. The van der Waals surface area contributed by atoms with Gasteiger partial charge in [0.25, 0.3) is 5.91 Å². The Morgan fingerprint density at radius 2 is 2.05 bits per heavy atom. The van der Waals surface area contributed by atoms with Gasteiger partial charge < -0.3 is 10.1 Å². The Balaban J connectivity index is 2.07. The molecule has 0 atom stereocenters. The number of nitrogens with zero attached hydrogens (tertiary/aromatic N) is 1. The lowest BCUT2D eigenvalue weighted by Gasteiger charge is -2.10. The molecule has 0 saturated carbocycles. The molecule has 1 heterocycles. The Morgan fingerprint density at radius 1 is 1.26 bits per heavy atom. The summed E-state index contributed by atoms with van der Waals surface area (Å²) >= 11 is 0. The van der Waals surface area contributed by atoms with Gasteiger partial charge in [-0.3, -0.25) is 9.78 Å². The fourth-order valence-corrected chi connectivity index (χ4v) is 1.84. The van der Waals surface area contributed by atoms with E-state index in [1.807, 2.05) is 31.2 Å². The van der Waals surface area contributed by atoms with Crippen LogP contribution in [-0.2, 0) is 6.54 Å². The number of hydrogen-bond donors (Lipinski definition) is 1. The minimum absolute atomic E-state index is 0.128. The van der Waals surface area contributed by atoms with Gasteiger partial charge in [0.1, 0.15) is 5.75 Å². The highest BCUT2D eigenvalue weighted by molar-refractivity contribution is 5.95. The first-order valence-corrected chi connectivity index (χ1v) is 6.04. The van der Waals surface area contributed by atoms with E-state index in [1.54, 1.807) is 25.4 Å². The lowest BCUT2D eigenvalue weighted by molar-refractivity contribution is 0.0949. The van der Waals surface area contributed by atoms with Gasteiger partial charge in [0.2, 0.25) is 0 Å².